The average Bonchev–Trinajstić information content (AvgIpc) is 3.05. The number of hydrogen-bond donors (Lipinski definition) is 1. The minimum absolute atomic E-state index is 0.0313. The first-order valence-corrected chi connectivity index (χ1v) is 9.38. The third-order valence-corrected chi connectivity index (χ3v) is 5.12. The van der Waals surface area contributed by atoms with Gasteiger partial charge in [-0.3, -0.25) is 14.4 Å². The SMILES string of the molecule is Cc1c(Cl)cccc1N1C[C@@H](C(=O)OCC(=O)Nc2ccc(Cl)cc2)CC1=O. The third kappa shape index (κ3) is 4.64. The Labute approximate surface area is 172 Å². The van der Waals surface area contributed by atoms with E-state index < -0.39 is 24.4 Å². The normalized spacial score (nSPS) is 16.2. The van der Waals surface area contributed by atoms with Crippen molar-refractivity contribution >= 4 is 52.4 Å². The summed E-state index contributed by atoms with van der Waals surface area (Å²) in [5.74, 6) is -1.86. The average molecular weight is 421 g/mol. The van der Waals surface area contributed by atoms with Crippen molar-refractivity contribution in [2.75, 3.05) is 23.4 Å². The second kappa shape index (κ2) is 8.63. The van der Waals surface area contributed by atoms with Gasteiger partial charge in [-0.05, 0) is 48.9 Å². The van der Waals surface area contributed by atoms with Crippen molar-refractivity contribution in [1.29, 1.82) is 0 Å². The number of benzene rings is 2. The van der Waals surface area contributed by atoms with Crippen molar-refractivity contribution in [3.8, 4) is 0 Å². The topological polar surface area (TPSA) is 75.7 Å². The molecule has 1 heterocycles. The Morgan fingerprint density at radius 1 is 1.18 bits per heavy atom. The lowest BCUT2D eigenvalue weighted by atomic mass is 10.1. The number of amides is 2. The smallest absolute Gasteiger partial charge is 0.311 e. The van der Waals surface area contributed by atoms with E-state index in [1.807, 2.05) is 6.92 Å². The van der Waals surface area contributed by atoms with Crippen LogP contribution in [-0.2, 0) is 19.1 Å². The van der Waals surface area contributed by atoms with Gasteiger partial charge in [0.25, 0.3) is 5.91 Å². The van der Waals surface area contributed by atoms with E-state index >= 15 is 0 Å². The molecule has 2 amide bonds. The molecule has 1 fully saturated rings. The largest absolute Gasteiger partial charge is 0.455 e. The van der Waals surface area contributed by atoms with Crippen molar-refractivity contribution in [3.63, 3.8) is 0 Å². The van der Waals surface area contributed by atoms with Crippen molar-refractivity contribution in [3.05, 3.63) is 58.1 Å². The van der Waals surface area contributed by atoms with Gasteiger partial charge in [-0.2, -0.15) is 0 Å². The zero-order valence-electron chi connectivity index (χ0n) is 15.1. The highest BCUT2D eigenvalue weighted by Crippen LogP contribution is 2.31. The Morgan fingerprint density at radius 3 is 2.61 bits per heavy atom. The number of carbonyl (C=O) groups is 3. The first kappa shape index (κ1) is 20.2. The maximum atomic E-state index is 12.3. The monoisotopic (exact) mass is 420 g/mol. The summed E-state index contributed by atoms with van der Waals surface area (Å²) in [6, 6.07) is 11.8. The lowest BCUT2D eigenvalue weighted by molar-refractivity contribution is -0.151. The Bertz CT molecular complexity index is 915. The maximum absolute atomic E-state index is 12.3. The Morgan fingerprint density at radius 2 is 1.89 bits per heavy atom. The van der Waals surface area contributed by atoms with E-state index in [0.29, 0.717) is 21.4 Å². The van der Waals surface area contributed by atoms with E-state index in [1.54, 1.807) is 42.5 Å². The first-order valence-electron chi connectivity index (χ1n) is 8.62. The highest BCUT2D eigenvalue weighted by molar-refractivity contribution is 6.32. The van der Waals surface area contributed by atoms with Crippen LogP contribution >= 0.6 is 23.2 Å². The summed E-state index contributed by atoms with van der Waals surface area (Å²) in [6.07, 6.45) is 0.0313. The van der Waals surface area contributed by atoms with Gasteiger partial charge in [0.15, 0.2) is 6.61 Å². The molecule has 0 radical (unpaired) electrons. The summed E-state index contributed by atoms with van der Waals surface area (Å²) >= 11 is 11.9. The molecule has 0 unspecified atom stereocenters. The fourth-order valence-corrected chi connectivity index (χ4v) is 3.27. The molecular weight excluding hydrogens is 403 g/mol. The minimum Gasteiger partial charge on any atom is -0.455 e. The summed E-state index contributed by atoms with van der Waals surface area (Å²) < 4.78 is 5.09. The molecule has 1 atom stereocenters. The molecule has 3 rings (SSSR count). The molecule has 0 aliphatic carbocycles. The van der Waals surface area contributed by atoms with Crippen LogP contribution < -0.4 is 10.2 Å². The van der Waals surface area contributed by atoms with E-state index in [2.05, 4.69) is 5.32 Å². The van der Waals surface area contributed by atoms with Crippen LogP contribution in [0.1, 0.15) is 12.0 Å². The summed E-state index contributed by atoms with van der Waals surface area (Å²) in [5, 5.41) is 3.71. The number of halogens is 2. The summed E-state index contributed by atoms with van der Waals surface area (Å²) in [4.78, 5) is 38.1. The summed E-state index contributed by atoms with van der Waals surface area (Å²) in [5.41, 5.74) is 1.99. The van der Waals surface area contributed by atoms with Crippen LogP contribution in [0, 0.1) is 12.8 Å². The van der Waals surface area contributed by atoms with Crippen molar-refractivity contribution < 1.29 is 19.1 Å². The van der Waals surface area contributed by atoms with E-state index in [-0.39, 0.29) is 18.9 Å². The molecule has 1 aliphatic heterocycles. The Kier molecular flexibility index (Phi) is 6.21. The second-order valence-corrected chi connectivity index (χ2v) is 7.30. The second-order valence-electron chi connectivity index (χ2n) is 6.45. The van der Waals surface area contributed by atoms with Crippen molar-refractivity contribution in [2.45, 2.75) is 13.3 Å². The van der Waals surface area contributed by atoms with Crippen LogP contribution in [0.25, 0.3) is 0 Å². The molecular formula is C20H18Cl2N2O4. The molecule has 1 N–H and O–H groups in total. The first-order chi connectivity index (χ1) is 13.3. The molecule has 1 aliphatic rings. The molecule has 0 spiro atoms. The number of ether oxygens (including phenoxy) is 1. The van der Waals surface area contributed by atoms with E-state index in [4.69, 9.17) is 27.9 Å². The fraction of sp³-hybridized carbons (Fsp3) is 0.250. The van der Waals surface area contributed by atoms with Crippen LogP contribution in [0.2, 0.25) is 10.0 Å². The van der Waals surface area contributed by atoms with Gasteiger partial charge in [-0.15, -0.1) is 0 Å². The zero-order valence-corrected chi connectivity index (χ0v) is 16.6. The van der Waals surface area contributed by atoms with Crippen LogP contribution in [0.3, 0.4) is 0 Å². The van der Waals surface area contributed by atoms with Crippen molar-refractivity contribution in [1.82, 2.24) is 0 Å². The number of esters is 1. The number of hydrogen-bond acceptors (Lipinski definition) is 4. The quantitative estimate of drug-likeness (QED) is 0.745. The highest BCUT2D eigenvalue weighted by atomic mass is 35.5. The van der Waals surface area contributed by atoms with E-state index in [9.17, 15) is 14.4 Å². The fourth-order valence-electron chi connectivity index (χ4n) is 2.97. The maximum Gasteiger partial charge on any atom is 0.311 e. The van der Waals surface area contributed by atoms with E-state index in [0.717, 1.165) is 5.56 Å². The number of carbonyl (C=O) groups excluding carboxylic acids is 3. The van der Waals surface area contributed by atoms with Gasteiger partial charge in [-0.25, -0.2) is 0 Å². The van der Waals surface area contributed by atoms with Gasteiger partial charge < -0.3 is 15.0 Å². The van der Waals surface area contributed by atoms with Gasteiger partial charge in [0.05, 0.1) is 5.92 Å². The molecule has 8 heteroatoms. The molecule has 146 valence electrons. The van der Waals surface area contributed by atoms with Crippen molar-refractivity contribution in [2.24, 2.45) is 5.92 Å². The zero-order chi connectivity index (χ0) is 20.3. The molecule has 28 heavy (non-hydrogen) atoms. The van der Waals surface area contributed by atoms with Gasteiger partial charge >= 0.3 is 5.97 Å². The molecule has 1 saturated heterocycles. The van der Waals surface area contributed by atoms with Crippen LogP contribution in [-0.4, -0.2) is 30.9 Å². The van der Waals surface area contributed by atoms with Gasteiger partial charge in [0.1, 0.15) is 0 Å². The molecule has 0 aromatic heterocycles. The predicted molar refractivity (Wildman–Crippen MR) is 108 cm³/mol. The highest BCUT2D eigenvalue weighted by Gasteiger charge is 2.37. The van der Waals surface area contributed by atoms with Crippen LogP contribution in [0.4, 0.5) is 11.4 Å². The third-order valence-electron chi connectivity index (χ3n) is 4.46. The minimum atomic E-state index is -0.630. The Balaban J connectivity index is 1.55. The molecule has 2 aromatic carbocycles. The number of rotatable bonds is 5. The lowest BCUT2D eigenvalue weighted by Gasteiger charge is -2.19. The molecule has 0 bridgehead atoms. The number of nitrogens with zero attached hydrogens (tertiary/aromatic N) is 1. The number of anilines is 2. The van der Waals surface area contributed by atoms with Crippen LogP contribution in [0.15, 0.2) is 42.5 Å². The van der Waals surface area contributed by atoms with Gasteiger partial charge in [0, 0.05) is 34.4 Å². The Hall–Kier alpha value is -2.57. The lowest BCUT2D eigenvalue weighted by Crippen LogP contribution is -2.28. The molecule has 0 saturated carbocycles. The van der Waals surface area contributed by atoms with Crippen LogP contribution in [0.5, 0.6) is 0 Å². The standard InChI is InChI=1S/C20H18Cl2N2O4/c1-12-16(22)3-2-4-17(12)24-10-13(9-19(24)26)20(27)28-11-18(25)23-15-7-5-14(21)6-8-15/h2-8,13H,9-11H2,1H3,(H,23,25)/t13-/m0/s1. The van der Waals surface area contributed by atoms with Gasteiger partial charge in [0.2, 0.25) is 5.91 Å². The summed E-state index contributed by atoms with van der Waals surface area (Å²) in [6.45, 7) is 1.58. The van der Waals surface area contributed by atoms with Gasteiger partial charge in [-0.1, -0.05) is 29.3 Å². The molecule has 2 aromatic rings. The summed E-state index contributed by atoms with van der Waals surface area (Å²) in [7, 11) is 0. The predicted octanol–water partition coefficient (Wildman–Crippen LogP) is 3.84. The van der Waals surface area contributed by atoms with E-state index in [1.165, 1.54) is 4.90 Å². The molecule has 6 nitrogen and oxygen atoms in total. The number of nitrogens with one attached hydrogen (secondary N) is 1.